The molecular weight excluding hydrogens is 345 g/mol. The first-order valence-electron chi connectivity index (χ1n) is 8.84. The van der Waals surface area contributed by atoms with Crippen LogP contribution in [0.1, 0.15) is 32.1 Å². The van der Waals surface area contributed by atoms with E-state index >= 15 is 0 Å². The number of halogens is 2. The van der Waals surface area contributed by atoms with Crippen LogP contribution in [0.4, 0.5) is 5.69 Å². The van der Waals surface area contributed by atoms with Gasteiger partial charge in [0.05, 0.1) is 16.8 Å². The Morgan fingerprint density at radius 3 is 2.88 bits per heavy atom. The lowest BCUT2D eigenvalue weighted by atomic mass is 9.95. The highest BCUT2D eigenvalue weighted by Crippen LogP contribution is 2.27. The van der Waals surface area contributed by atoms with Gasteiger partial charge >= 0.3 is 0 Å². The van der Waals surface area contributed by atoms with E-state index < -0.39 is 0 Å². The SMILES string of the molecule is O=C(Nc1ccc(Cl)cc1Cl)C1CCCCN1CC1CCCNC1. The Labute approximate surface area is 153 Å². The highest BCUT2D eigenvalue weighted by atomic mass is 35.5. The first-order chi connectivity index (χ1) is 11.6. The number of hydrogen-bond donors (Lipinski definition) is 2. The average molecular weight is 370 g/mol. The van der Waals surface area contributed by atoms with Crippen LogP contribution in [-0.4, -0.2) is 43.0 Å². The number of likely N-dealkylation sites (tertiary alicyclic amines) is 1. The Bertz CT molecular complexity index is 575. The fourth-order valence-corrected chi connectivity index (χ4v) is 4.18. The van der Waals surface area contributed by atoms with Crippen LogP contribution >= 0.6 is 23.2 Å². The Morgan fingerprint density at radius 2 is 2.12 bits per heavy atom. The van der Waals surface area contributed by atoms with E-state index in [9.17, 15) is 4.79 Å². The summed E-state index contributed by atoms with van der Waals surface area (Å²) in [5, 5.41) is 7.50. The third-order valence-corrected chi connectivity index (χ3v) is 5.54. The summed E-state index contributed by atoms with van der Waals surface area (Å²) < 4.78 is 0. The molecule has 0 bridgehead atoms. The molecule has 24 heavy (non-hydrogen) atoms. The Hall–Kier alpha value is -0.810. The van der Waals surface area contributed by atoms with E-state index in [4.69, 9.17) is 23.2 Å². The van der Waals surface area contributed by atoms with Crippen LogP contribution in [0.3, 0.4) is 0 Å². The Balaban J connectivity index is 1.64. The van der Waals surface area contributed by atoms with Gasteiger partial charge < -0.3 is 10.6 Å². The molecule has 2 heterocycles. The zero-order valence-corrected chi connectivity index (χ0v) is 15.4. The second kappa shape index (κ2) is 8.52. The summed E-state index contributed by atoms with van der Waals surface area (Å²) in [6, 6.07) is 5.11. The minimum absolute atomic E-state index is 0.0442. The predicted molar refractivity (Wildman–Crippen MR) is 99.9 cm³/mol. The van der Waals surface area contributed by atoms with Crippen molar-refractivity contribution in [3.63, 3.8) is 0 Å². The molecule has 2 aliphatic heterocycles. The lowest BCUT2D eigenvalue weighted by molar-refractivity contribution is -0.122. The van der Waals surface area contributed by atoms with E-state index in [0.717, 1.165) is 39.0 Å². The molecule has 2 saturated heterocycles. The number of piperidine rings is 2. The molecule has 1 aromatic rings. The molecule has 0 aromatic heterocycles. The van der Waals surface area contributed by atoms with Crippen LogP contribution in [0.15, 0.2) is 18.2 Å². The van der Waals surface area contributed by atoms with Crippen molar-refractivity contribution < 1.29 is 4.79 Å². The second-order valence-electron chi connectivity index (χ2n) is 6.83. The smallest absolute Gasteiger partial charge is 0.241 e. The summed E-state index contributed by atoms with van der Waals surface area (Å²) in [7, 11) is 0. The molecule has 0 spiro atoms. The number of benzene rings is 1. The van der Waals surface area contributed by atoms with E-state index in [1.54, 1.807) is 18.2 Å². The normalized spacial score (nSPS) is 25.4. The largest absolute Gasteiger partial charge is 0.323 e. The molecule has 0 aliphatic carbocycles. The van der Waals surface area contributed by atoms with Gasteiger partial charge in [-0.05, 0) is 69.4 Å². The predicted octanol–water partition coefficient (Wildman–Crippen LogP) is 3.79. The number of nitrogens with one attached hydrogen (secondary N) is 2. The summed E-state index contributed by atoms with van der Waals surface area (Å²) in [6.45, 7) is 4.19. The number of carbonyl (C=O) groups is 1. The average Bonchev–Trinajstić information content (AvgIpc) is 2.59. The van der Waals surface area contributed by atoms with Crippen molar-refractivity contribution in [1.29, 1.82) is 0 Å². The first kappa shape index (κ1) is 18.0. The minimum Gasteiger partial charge on any atom is -0.323 e. The maximum Gasteiger partial charge on any atom is 0.241 e. The zero-order chi connectivity index (χ0) is 16.9. The van der Waals surface area contributed by atoms with Crippen molar-refractivity contribution in [2.45, 2.75) is 38.1 Å². The van der Waals surface area contributed by atoms with Crippen molar-refractivity contribution >= 4 is 34.8 Å². The van der Waals surface area contributed by atoms with E-state index in [1.165, 1.54) is 19.3 Å². The number of nitrogens with zero attached hydrogens (tertiary/aromatic N) is 1. The van der Waals surface area contributed by atoms with Crippen molar-refractivity contribution in [3.8, 4) is 0 Å². The van der Waals surface area contributed by atoms with Gasteiger partial charge in [-0.25, -0.2) is 0 Å². The monoisotopic (exact) mass is 369 g/mol. The quantitative estimate of drug-likeness (QED) is 0.848. The molecule has 4 nitrogen and oxygen atoms in total. The van der Waals surface area contributed by atoms with Crippen LogP contribution in [0.25, 0.3) is 0 Å². The molecule has 0 saturated carbocycles. The standard InChI is InChI=1S/C18H25Cl2N3O/c19-14-6-7-16(15(20)10-14)22-18(24)17-5-1-2-9-23(17)12-13-4-3-8-21-11-13/h6-7,10,13,17,21H,1-5,8-9,11-12H2,(H,22,24). The van der Waals surface area contributed by atoms with Gasteiger partial charge in [0.15, 0.2) is 0 Å². The highest BCUT2D eigenvalue weighted by molar-refractivity contribution is 6.36. The van der Waals surface area contributed by atoms with Gasteiger partial charge in [-0.1, -0.05) is 29.6 Å². The van der Waals surface area contributed by atoms with E-state index in [2.05, 4.69) is 15.5 Å². The van der Waals surface area contributed by atoms with Crippen LogP contribution in [0.2, 0.25) is 10.0 Å². The van der Waals surface area contributed by atoms with Gasteiger partial charge in [0.1, 0.15) is 0 Å². The summed E-state index contributed by atoms with van der Waals surface area (Å²) in [5.41, 5.74) is 0.635. The summed E-state index contributed by atoms with van der Waals surface area (Å²) in [4.78, 5) is 15.2. The van der Waals surface area contributed by atoms with Crippen molar-refractivity contribution in [3.05, 3.63) is 28.2 Å². The summed E-state index contributed by atoms with van der Waals surface area (Å²) in [5.74, 6) is 0.689. The maximum atomic E-state index is 12.8. The molecule has 1 aromatic carbocycles. The van der Waals surface area contributed by atoms with Gasteiger partial charge in [0.25, 0.3) is 0 Å². The minimum atomic E-state index is -0.0626. The van der Waals surface area contributed by atoms with Crippen LogP contribution in [-0.2, 0) is 4.79 Å². The molecule has 1 amide bonds. The Morgan fingerprint density at radius 1 is 1.25 bits per heavy atom. The summed E-state index contributed by atoms with van der Waals surface area (Å²) >= 11 is 12.1. The fraction of sp³-hybridized carbons (Fsp3) is 0.611. The molecule has 6 heteroatoms. The molecule has 2 atom stereocenters. The topological polar surface area (TPSA) is 44.4 Å². The van der Waals surface area contributed by atoms with Gasteiger partial charge in [-0.3, -0.25) is 9.69 Å². The fourth-order valence-electron chi connectivity index (χ4n) is 3.72. The lowest BCUT2D eigenvalue weighted by Crippen LogP contribution is -2.50. The number of carbonyl (C=O) groups excluding carboxylic acids is 1. The molecule has 2 N–H and O–H groups in total. The van der Waals surface area contributed by atoms with Crippen LogP contribution < -0.4 is 10.6 Å². The maximum absolute atomic E-state index is 12.8. The molecular formula is C18H25Cl2N3O. The summed E-state index contributed by atoms with van der Waals surface area (Å²) in [6.07, 6.45) is 5.67. The van der Waals surface area contributed by atoms with Crippen LogP contribution in [0, 0.1) is 5.92 Å². The molecule has 2 aliphatic rings. The molecule has 2 fully saturated rings. The van der Waals surface area contributed by atoms with Crippen LogP contribution in [0.5, 0.6) is 0 Å². The van der Waals surface area contributed by atoms with Gasteiger partial charge in [-0.15, -0.1) is 0 Å². The van der Waals surface area contributed by atoms with Crippen molar-refractivity contribution in [2.75, 3.05) is 31.5 Å². The second-order valence-corrected chi connectivity index (χ2v) is 7.68. The number of anilines is 1. The molecule has 132 valence electrons. The number of hydrogen-bond acceptors (Lipinski definition) is 3. The number of amides is 1. The first-order valence-corrected chi connectivity index (χ1v) is 9.60. The number of rotatable bonds is 4. The van der Waals surface area contributed by atoms with Crippen molar-refractivity contribution in [2.24, 2.45) is 5.92 Å². The van der Waals surface area contributed by atoms with E-state index in [-0.39, 0.29) is 11.9 Å². The van der Waals surface area contributed by atoms with Gasteiger partial charge in [0, 0.05) is 11.6 Å². The van der Waals surface area contributed by atoms with E-state index in [0.29, 0.717) is 21.7 Å². The van der Waals surface area contributed by atoms with Gasteiger partial charge in [-0.2, -0.15) is 0 Å². The zero-order valence-electron chi connectivity index (χ0n) is 13.9. The van der Waals surface area contributed by atoms with E-state index in [1.807, 2.05) is 0 Å². The molecule has 2 unspecified atom stereocenters. The highest BCUT2D eigenvalue weighted by Gasteiger charge is 2.30. The van der Waals surface area contributed by atoms with Crippen molar-refractivity contribution in [1.82, 2.24) is 10.2 Å². The lowest BCUT2D eigenvalue weighted by Gasteiger charge is -2.38. The van der Waals surface area contributed by atoms with Gasteiger partial charge in [0.2, 0.25) is 5.91 Å². The third kappa shape index (κ3) is 4.63. The third-order valence-electron chi connectivity index (χ3n) is 5.00. The molecule has 3 rings (SSSR count). The molecule has 0 radical (unpaired) electrons. The Kier molecular flexibility index (Phi) is 6.39.